The smallest absolute Gasteiger partial charge is 0.266 e. The van der Waals surface area contributed by atoms with Crippen molar-refractivity contribution in [1.29, 1.82) is 0 Å². The first-order valence-electron chi connectivity index (χ1n) is 5.88. The van der Waals surface area contributed by atoms with E-state index in [1.165, 1.54) is 6.07 Å². The Labute approximate surface area is 136 Å². The zero-order chi connectivity index (χ0) is 15.1. The number of nitrogens with one attached hydrogen (secondary N) is 1. The van der Waals surface area contributed by atoms with Crippen LogP contribution in [0.1, 0.15) is 0 Å². The number of rotatable bonds is 1. The molecule has 0 unspecified atom stereocenters. The standard InChI is InChI=1S/C14H7F2IN2OS/c15-9-2-1-3-10(16)12(9)19-13(20)8-6-7(17)4-5-11(8)18-14(19)21/h1-6H,(H,18,21). The van der Waals surface area contributed by atoms with Gasteiger partial charge in [-0.25, -0.2) is 13.3 Å². The molecule has 1 heterocycles. The van der Waals surface area contributed by atoms with Gasteiger partial charge in [-0.15, -0.1) is 0 Å². The molecule has 0 aliphatic carbocycles. The molecule has 0 bridgehead atoms. The molecule has 2 aromatic carbocycles. The van der Waals surface area contributed by atoms with E-state index in [0.717, 1.165) is 20.3 Å². The van der Waals surface area contributed by atoms with Crippen molar-refractivity contribution in [3.8, 4) is 5.69 Å². The van der Waals surface area contributed by atoms with E-state index in [-0.39, 0.29) is 4.77 Å². The highest BCUT2D eigenvalue weighted by Gasteiger charge is 2.15. The number of nitrogens with zero attached hydrogens (tertiary/aromatic N) is 1. The van der Waals surface area contributed by atoms with Crippen LogP contribution < -0.4 is 5.56 Å². The average molecular weight is 416 g/mol. The fraction of sp³-hybridized carbons (Fsp3) is 0. The maximum absolute atomic E-state index is 13.9. The van der Waals surface area contributed by atoms with Crippen LogP contribution in [0.25, 0.3) is 16.6 Å². The van der Waals surface area contributed by atoms with E-state index in [1.807, 2.05) is 6.07 Å². The number of benzene rings is 2. The fourth-order valence-corrected chi connectivity index (χ4v) is 2.87. The molecule has 3 aromatic rings. The Bertz CT molecular complexity index is 961. The Kier molecular flexibility index (Phi) is 3.62. The summed E-state index contributed by atoms with van der Waals surface area (Å²) < 4.78 is 29.5. The second kappa shape index (κ2) is 5.30. The van der Waals surface area contributed by atoms with Gasteiger partial charge >= 0.3 is 0 Å². The summed E-state index contributed by atoms with van der Waals surface area (Å²) in [6, 6.07) is 8.55. The molecule has 0 aliphatic heterocycles. The highest BCUT2D eigenvalue weighted by Crippen LogP contribution is 2.18. The van der Waals surface area contributed by atoms with Crippen molar-refractivity contribution in [2.45, 2.75) is 0 Å². The van der Waals surface area contributed by atoms with E-state index in [1.54, 1.807) is 12.1 Å². The molecule has 1 aromatic heterocycles. The van der Waals surface area contributed by atoms with Crippen LogP contribution in [0, 0.1) is 20.0 Å². The predicted octanol–water partition coefficient (Wildman–Crippen LogP) is 3.93. The van der Waals surface area contributed by atoms with Crippen LogP contribution in [0.2, 0.25) is 0 Å². The number of H-pyrrole nitrogens is 1. The molecule has 0 amide bonds. The van der Waals surface area contributed by atoms with Gasteiger partial charge in [0.1, 0.15) is 17.3 Å². The monoisotopic (exact) mass is 416 g/mol. The number of fused-ring (bicyclic) bond motifs is 1. The molecule has 3 rings (SSSR count). The molecule has 0 atom stereocenters. The van der Waals surface area contributed by atoms with Gasteiger partial charge in [-0.05, 0) is 65.1 Å². The third-order valence-electron chi connectivity index (χ3n) is 3.02. The lowest BCUT2D eigenvalue weighted by Gasteiger charge is -2.10. The van der Waals surface area contributed by atoms with E-state index in [4.69, 9.17) is 12.2 Å². The number of hydrogen-bond donors (Lipinski definition) is 1. The zero-order valence-corrected chi connectivity index (χ0v) is 13.3. The lowest BCUT2D eigenvalue weighted by Crippen LogP contribution is -2.22. The third-order valence-corrected chi connectivity index (χ3v) is 3.98. The Balaban J connectivity index is 2.49. The predicted molar refractivity (Wildman–Crippen MR) is 87.4 cm³/mol. The topological polar surface area (TPSA) is 37.8 Å². The molecule has 0 spiro atoms. The lowest BCUT2D eigenvalue weighted by atomic mass is 10.2. The van der Waals surface area contributed by atoms with Crippen LogP contribution in [0.4, 0.5) is 8.78 Å². The first-order chi connectivity index (χ1) is 9.99. The second-order valence-corrected chi connectivity index (χ2v) is 5.96. The molecule has 106 valence electrons. The van der Waals surface area contributed by atoms with Crippen molar-refractivity contribution >= 4 is 45.7 Å². The van der Waals surface area contributed by atoms with Gasteiger partial charge in [0.15, 0.2) is 4.77 Å². The van der Waals surface area contributed by atoms with Crippen molar-refractivity contribution < 1.29 is 8.78 Å². The summed E-state index contributed by atoms with van der Waals surface area (Å²) in [6.45, 7) is 0. The normalized spacial score (nSPS) is 11.0. The van der Waals surface area contributed by atoms with Gasteiger partial charge in [0.05, 0.1) is 10.9 Å². The van der Waals surface area contributed by atoms with E-state index < -0.39 is 22.9 Å². The van der Waals surface area contributed by atoms with Crippen LogP contribution in [0.3, 0.4) is 0 Å². The number of aromatic nitrogens is 2. The highest BCUT2D eigenvalue weighted by molar-refractivity contribution is 14.1. The zero-order valence-electron chi connectivity index (χ0n) is 10.4. The summed E-state index contributed by atoms with van der Waals surface area (Å²) in [5.41, 5.74) is -0.501. The molecular weight excluding hydrogens is 409 g/mol. The van der Waals surface area contributed by atoms with Crippen molar-refractivity contribution in [2.75, 3.05) is 0 Å². The van der Waals surface area contributed by atoms with E-state index in [2.05, 4.69) is 27.6 Å². The van der Waals surface area contributed by atoms with Crippen molar-refractivity contribution in [3.63, 3.8) is 0 Å². The number of halogens is 3. The summed E-state index contributed by atoms with van der Waals surface area (Å²) in [6.07, 6.45) is 0. The molecule has 7 heteroatoms. The fourth-order valence-electron chi connectivity index (χ4n) is 2.09. The van der Waals surface area contributed by atoms with Gasteiger partial charge in [-0.3, -0.25) is 4.79 Å². The first kappa shape index (κ1) is 14.3. The van der Waals surface area contributed by atoms with Crippen LogP contribution >= 0.6 is 34.8 Å². The van der Waals surface area contributed by atoms with Crippen LogP contribution in [-0.4, -0.2) is 9.55 Å². The SMILES string of the molecule is O=c1c2cc(I)ccc2[nH]c(=S)n1-c1c(F)cccc1F. The van der Waals surface area contributed by atoms with Gasteiger partial charge in [0.25, 0.3) is 5.56 Å². The Morgan fingerprint density at radius 3 is 2.48 bits per heavy atom. The quantitative estimate of drug-likeness (QED) is 0.482. The summed E-state index contributed by atoms with van der Waals surface area (Å²) in [5, 5.41) is 0.318. The molecule has 0 fully saturated rings. The Morgan fingerprint density at radius 2 is 1.81 bits per heavy atom. The lowest BCUT2D eigenvalue weighted by molar-refractivity contribution is 0.565. The van der Waals surface area contributed by atoms with Crippen molar-refractivity contribution in [1.82, 2.24) is 9.55 Å². The molecule has 0 saturated heterocycles. The summed E-state index contributed by atoms with van der Waals surface area (Å²) >= 11 is 7.13. The largest absolute Gasteiger partial charge is 0.331 e. The van der Waals surface area contributed by atoms with Crippen LogP contribution in [-0.2, 0) is 0 Å². The van der Waals surface area contributed by atoms with Gasteiger partial charge < -0.3 is 4.98 Å². The Morgan fingerprint density at radius 1 is 1.14 bits per heavy atom. The molecule has 3 nitrogen and oxygen atoms in total. The van der Waals surface area contributed by atoms with E-state index >= 15 is 0 Å². The molecule has 1 N–H and O–H groups in total. The summed E-state index contributed by atoms with van der Waals surface area (Å²) in [5.74, 6) is -1.69. The number of aromatic amines is 1. The molecule has 0 aliphatic rings. The minimum Gasteiger partial charge on any atom is -0.331 e. The van der Waals surface area contributed by atoms with Gasteiger partial charge in [0.2, 0.25) is 0 Å². The summed E-state index contributed by atoms with van der Waals surface area (Å²) in [4.78, 5) is 15.4. The Hall–Kier alpha value is -1.61. The molecule has 0 saturated carbocycles. The minimum atomic E-state index is -0.846. The minimum absolute atomic E-state index is 0.0577. The molecule has 0 radical (unpaired) electrons. The highest BCUT2D eigenvalue weighted by atomic mass is 127. The molecule has 21 heavy (non-hydrogen) atoms. The maximum Gasteiger partial charge on any atom is 0.266 e. The van der Waals surface area contributed by atoms with Crippen LogP contribution in [0.15, 0.2) is 41.2 Å². The van der Waals surface area contributed by atoms with Crippen molar-refractivity contribution in [2.24, 2.45) is 0 Å². The number of para-hydroxylation sites is 1. The second-order valence-electron chi connectivity index (χ2n) is 4.33. The van der Waals surface area contributed by atoms with Crippen LogP contribution in [0.5, 0.6) is 0 Å². The maximum atomic E-state index is 13.9. The van der Waals surface area contributed by atoms with Gasteiger partial charge in [-0.1, -0.05) is 6.07 Å². The van der Waals surface area contributed by atoms with E-state index in [9.17, 15) is 13.6 Å². The van der Waals surface area contributed by atoms with Gasteiger partial charge in [-0.2, -0.15) is 0 Å². The van der Waals surface area contributed by atoms with Gasteiger partial charge in [0, 0.05) is 3.57 Å². The molecular formula is C14H7F2IN2OS. The average Bonchev–Trinajstić information content (AvgIpc) is 2.43. The summed E-state index contributed by atoms with van der Waals surface area (Å²) in [7, 11) is 0. The van der Waals surface area contributed by atoms with Crippen molar-refractivity contribution in [3.05, 3.63) is 66.7 Å². The van der Waals surface area contributed by atoms with E-state index in [0.29, 0.717) is 10.9 Å². The number of hydrogen-bond acceptors (Lipinski definition) is 2. The first-order valence-corrected chi connectivity index (χ1v) is 7.37. The third kappa shape index (κ3) is 2.40.